The Labute approximate surface area is 103 Å². The van der Waals surface area contributed by atoms with E-state index in [4.69, 9.17) is 28.2 Å². The van der Waals surface area contributed by atoms with Crippen LogP contribution in [0, 0.1) is 0 Å². The summed E-state index contributed by atoms with van der Waals surface area (Å²) in [7, 11) is -4.36. The molecule has 0 amide bonds. The normalized spacial score (nSPS) is 15.2. The molecule has 1 unspecified atom stereocenters. The summed E-state index contributed by atoms with van der Waals surface area (Å²) in [5.41, 5.74) is 10.5. The van der Waals surface area contributed by atoms with Crippen LogP contribution < -0.4 is 11.5 Å². The lowest BCUT2D eigenvalue weighted by molar-refractivity contribution is -0.139. The molecule has 0 saturated heterocycles. The van der Waals surface area contributed by atoms with Crippen molar-refractivity contribution in [3.8, 4) is 0 Å². The fourth-order valence-electron chi connectivity index (χ4n) is 1.17. The highest BCUT2D eigenvalue weighted by atomic mass is 35.5. The first-order chi connectivity index (χ1) is 7.77. The molecule has 0 spiro atoms. The zero-order valence-corrected chi connectivity index (χ0v) is 10.2. The topological polar surface area (TPSA) is 123 Å². The number of hydrogen-bond donors (Lipinski definition) is 3. The quantitative estimate of drug-likeness (QED) is 0.701. The van der Waals surface area contributed by atoms with Gasteiger partial charge in [0.25, 0.3) is 0 Å². The molecule has 8 heteroatoms. The zero-order chi connectivity index (χ0) is 13.3. The van der Waals surface area contributed by atoms with Crippen molar-refractivity contribution >= 4 is 27.4 Å². The van der Waals surface area contributed by atoms with E-state index >= 15 is 0 Å². The van der Waals surface area contributed by atoms with Crippen molar-refractivity contribution in [3.05, 3.63) is 29.3 Å². The Balaban J connectivity index is 3.49. The molecular formula is C9H11ClN2O4S. The summed E-state index contributed by atoms with van der Waals surface area (Å²) in [5.74, 6) is -1.72. The van der Waals surface area contributed by atoms with Crippen molar-refractivity contribution in [2.45, 2.75) is 9.77 Å². The highest BCUT2D eigenvalue weighted by molar-refractivity contribution is 7.93. The SMILES string of the molecule is NCC(N)(C(=O)O)S(=O)(=O)c1ccccc1Cl. The van der Waals surface area contributed by atoms with Gasteiger partial charge in [0.15, 0.2) is 0 Å². The van der Waals surface area contributed by atoms with Gasteiger partial charge in [-0.05, 0) is 12.1 Å². The summed E-state index contributed by atoms with van der Waals surface area (Å²) in [6, 6.07) is 5.44. The third kappa shape index (κ3) is 2.14. The maximum Gasteiger partial charge on any atom is 0.341 e. The van der Waals surface area contributed by atoms with E-state index in [1.807, 2.05) is 0 Å². The van der Waals surface area contributed by atoms with Crippen molar-refractivity contribution in [2.24, 2.45) is 11.5 Å². The molecule has 94 valence electrons. The van der Waals surface area contributed by atoms with E-state index in [9.17, 15) is 13.2 Å². The lowest BCUT2D eigenvalue weighted by atomic mass is 10.3. The number of carboxylic acid groups (broad SMARTS) is 1. The molecule has 1 rings (SSSR count). The minimum Gasteiger partial charge on any atom is -0.479 e. The van der Waals surface area contributed by atoms with Crippen molar-refractivity contribution in [3.63, 3.8) is 0 Å². The minimum atomic E-state index is -4.36. The fraction of sp³-hybridized carbons (Fsp3) is 0.222. The average Bonchev–Trinajstić information content (AvgIpc) is 2.27. The summed E-state index contributed by atoms with van der Waals surface area (Å²) in [4.78, 5) is 8.02. The Hall–Kier alpha value is -1.15. The van der Waals surface area contributed by atoms with Gasteiger partial charge in [-0.2, -0.15) is 0 Å². The maximum atomic E-state index is 12.1. The molecule has 1 aromatic rings. The van der Waals surface area contributed by atoms with E-state index in [1.54, 1.807) is 0 Å². The van der Waals surface area contributed by atoms with Gasteiger partial charge in [-0.3, -0.25) is 0 Å². The molecule has 0 aliphatic carbocycles. The van der Waals surface area contributed by atoms with Crippen LogP contribution >= 0.6 is 11.6 Å². The van der Waals surface area contributed by atoms with Crippen molar-refractivity contribution in [1.82, 2.24) is 0 Å². The highest BCUT2D eigenvalue weighted by Gasteiger charge is 2.48. The molecule has 1 aromatic carbocycles. The first-order valence-electron chi connectivity index (χ1n) is 4.49. The summed E-state index contributed by atoms with van der Waals surface area (Å²) >= 11 is 5.71. The van der Waals surface area contributed by atoms with Crippen molar-refractivity contribution in [1.29, 1.82) is 0 Å². The van der Waals surface area contributed by atoms with E-state index in [0.717, 1.165) is 0 Å². The van der Waals surface area contributed by atoms with Crippen LogP contribution in [0.15, 0.2) is 29.2 Å². The first-order valence-corrected chi connectivity index (χ1v) is 6.35. The number of carbonyl (C=O) groups is 1. The number of rotatable bonds is 4. The third-order valence-electron chi connectivity index (χ3n) is 2.27. The van der Waals surface area contributed by atoms with Crippen LogP contribution in [0.5, 0.6) is 0 Å². The first kappa shape index (κ1) is 13.9. The zero-order valence-electron chi connectivity index (χ0n) is 8.63. The number of hydrogen-bond acceptors (Lipinski definition) is 5. The number of nitrogens with two attached hydrogens (primary N) is 2. The van der Waals surface area contributed by atoms with Crippen LogP contribution in [0.4, 0.5) is 0 Å². The molecular weight excluding hydrogens is 268 g/mol. The third-order valence-corrected chi connectivity index (χ3v) is 4.95. The molecule has 0 bridgehead atoms. The van der Waals surface area contributed by atoms with E-state index in [0.29, 0.717) is 0 Å². The van der Waals surface area contributed by atoms with Gasteiger partial charge in [-0.15, -0.1) is 0 Å². The van der Waals surface area contributed by atoms with E-state index in [1.165, 1.54) is 24.3 Å². The van der Waals surface area contributed by atoms with Crippen LogP contribution in [0.3, 0.4) is 0 Å². The smallest absolute Gasteiger partial charge is 0.341 e. The Morgan fingerprint density at radius 3 is 2.35 bits per heavy atom. The Morgan fingerprint density at radius 1 is 1.41 bits per heavy atom. The molecule has 0 heterocycles. The number of carboxylic acids is 1. The molecule has 6 nitrogen and oxygen atoms in total. The van der Waals surface area contributed by atoms with Gasteiger partial charge >= 0.3 is 5.97 Å². The molecule has 0 aliphatic heterocycles. The highest BCUT2D eigenvalue weighted by Crippen LogP contribution is 2.27. The second kappa shape index (κ2) is 4.61. The lowest BCUT2D eigenvalue weighted by Gasteiger charge is -2.23. The average molecular weight is 279 g/mol. The second-order valence-electron chi connectivity index (χ2n) is 3.33. The minimum absolute atomic E-state index is 0.1000. The molecule has 5 N–H and O–H groups in total. The van der Waals surface area contributed by atoms with Crippen molar-refractivity contribution in [2.75, 3.05) is 6.54 Å². The molecule has 0 fully saturated rings. The summed E-state index contributed by atoms with van der Waals surface area (Å²) in [6.45, 7) is -0.754. The van der Waals surface area contributed by atoms with Gasteiger partial charge < -0.3 is 16.6 Å². The lowest BCUT2D eigenvalue weighted by Crippen LogP contribution is -2.59. The Kier molecular flexibility index (Phi) is 3.78. The van der Waals surface area contributed by atoms with Crippen molar-refractivity contribution < 1.29 is 18.3 Å². The van der Waals surface area contributed by atoms with E-state index in [2.05, 4.69) is 0 Å². The second-order valence-corrected chi connectivity index (χ2v) is 5.92. The van der Waals surface area contributed by atoms with Crippen LogP contribution in [-0.4, -0.2) is 30.9 Å². The summed E-state index contributed by atoms with van der Waals surface area (Å²) < 4.78 is 24.2. The molecule has 1 atom stereocenters. The van der Waals surface area contributed by atoms with Gasteiger partial charge in [-0.25, -0.2) is 13.2 Å². The van der Waals surface area contributed by atoms with Gasteiger partial charge in [0.2, 0.25) is 14.7 Å². The largest absolute Gasteiger partial charge is 0.479 e. The van der Waals surface area contributed by atoms with Gasteiger partial charge in [0.1, 0.15) is 0 Å². The van der Waals surface area contributed by atoms with Gasteiger partial charge in [0.05, 0.1) is 9.92 Å². The van der Waals surface area contributed by atoms with Gasteiger partial charge in [0, 0.05) is 6.54 Å². The predicted molar refractivity (Wildman–Crippen MR) is 62.2 cm³/mol. The number of benzene rings is 1. The number of sulfone groups is 1. The van der Waals surface area contributed by atoms with Gasteiger partial charge in [-0.1, -0.05) is 23.7 Å². The summed E-state index contributed by atoms with van der Waals surface area (Å²) in [5, 5.41) is 8.79. The predicted octanol–water partition coefficient (Wildman–Crippen LogP) is -0.188. The standard InChI is InChI=1S/C9H11ClN2O4S/c10-6-3-1-2-4-7(6)17(15,16)9(12,5-11)8(13)14/h1-4H,5,11-12H2,(H,13,14). The van der Waals surface area contributed by atoms with Crippen LogP contribution in [0.25, 0.3) is 0 Å². The molecule has 0 saturated carbocycles. The monoisotopic (exact) mass is 278 g/mol. The van der Waals surface area contributed by atoms with E-state index in [-0.39, 0.29) is 9.92 Å². The van der Waals surface area contributed by atoms with Crippen LogP contribution in [0.2, 0.25) is 5.02 Å². The summed E-state index contributed by atoms with van der Waals surface area (Å²) in [6.07, 6.45) is 0. The number of aliphatic carboxylic acids is 1. The molecule has 17 heavy (non-hydrogen) atoms. The Morgan fingerprint density at radius 2 is 1.94 bits per heavy atom. The number of halogens is 1. The van der Waals surface area contributed by atoms with Crippen LogP contribution in [-0.2, 0) is 14.6 Å². The molecule has 0 radical (unpaired) electrons. The maximum absolute atomic E-state index is 12.1. The molecule has 0 aromatic heterocycles. The van der Waals surface area contributed by atoms with E-state index < -0.39 is 27.2 Å². The fourth-order valence-corrected chi connectivity index (χ4v) is 3.04. The molecule has 0 aliphatic rings. The van der Waals surface area contributed by atoms with Crippen LogP contribution in [0.1, 0.15) is 0 Å². The Bertz CT molecular complexity index is 546.